The highest BCUT2D eigenvalue weighted by Gasteiger charge is 2.08. The minimum Gasteiger partial charge on any atom is -0.481 e. The van der Waals surface area contributed by atoms with E-state index in [1.54, 1.807) is 12.4 Å². The molecule has 0 saturated heterocycles. The average Bonchev–Trinajstić information content (AvgIpc) is 2.55. The van der Waals surface area contributed by atoms with E-state index >= 15 is 0 Å². The predicted molar refractivity (Wildman–Crippen MR) is 61.4 cm³/mol. The first-order valence-electron chi connectivity index (χ1n) is 5.31. The smallest absolute Gasteiger partial charge is 0.303 e. The minimum atomic E-state index is -0.737. The Balaban J connectivity index is 2.22. The van der Waals surface area contributed by atoms with Crippen LogP contribution in [-0.2, 0) is 11.2 Å². The molecule has 0 unspecified atom stereocenters. The quantitative estimate of drug-likeness (QED) is 0.827. The molecule has 0 amide bonds. The molecule has 0 aliphatic heterocycles. The van der Waals surface area contributed by atoms with Gasteiger partial charge in [-0.3, -0.25) is 9.78 Å². The van der Waals surface area contributed by atoms with Gasteiger partial charge in [0, 0.05) is 23.7 Å². The third-order valence-electron chi connectivity index (χ3n) is 2.74. The number of carbonyl (C=O) groups is 1. The van der Waals surface area contributed by atoms with Crippen LogP contribution in [0.25, 0.3) is 10.9 Å². The number of aromatic nitrogens is 2. The van der Waals surface area contributed by atoms with Gasteiger partial charge in [0.15, 0.2) is 0 Å². The lowest BCUT2D eigenvalue weighted by Gasteiger charge is -1.99. The lowest BCUT2D eigenvalue weighted by molar-refractivity contribution is -0.137. The van der Waals surface area contributed by atoms with Crippen LogP contribution in [0.1, 0.15) is 24.1 Å². The Morgan fingerprint density at radius 2 is 2.38 bits per heavy atom. The van der Waals surface area contributed by atoms with Crippen molar-refractivity contribution < 1.29 is 9.90 Å². The molecule has 16 heavy (non-hydrogen) atoms. The summed E-state index contributed by atoms with van der Waals surface area (Å²) in [6, 6.07) is 1.97. The monoisotopic (exact) mass is 218 g/mol. The molecule has 84 valence electrons. The molecule has 0 radical (unpaired) electrons. The fraction of sp³-hybridized carbons (Fsp3) is 0.333. The van der Waals surface area contributed by atoms with Crippen LogP contribution in [0.3, 0.4) is 0 Å². The Morgan fingerprint density at radius 1 is 1.56 bits per heavy atom. The Kier molecular flexibility index (Phi) is 2.90. The summed E-state index contributed by atoms with van der Waals surface area (Å²) in [4.78, 5) is 17.8. The largest absolute Gasteiger partial charge is 0.481 e. The number of carboxylic acid groups (broad SMARTS) is 1. The molecular formula is C12H14N2O2. The fourth-order valence-electron chi connectivity index (χ4n) is 1.98. The van der Waals surface area contributed by atoms with Gasteiger partial charge in [0.1, 0.15) is 0 Å². The van der Waals surface area contributed by atoms with Gasteiger partial charge in [0.25, 0.3) is 0 Å². The molecule has 2 aromatic heterocycles. The highest BCUT2D eigenvalue weighted by Crippen LogP contribution is 2.22. The van der Waals surface area contributed by atoms with E-state index in [0.29, 0.717) is 6.42 Å². The molecule has 0 aliphatic rings. The molecule has 0 atom stereocenters. The molecule has 4 nitrogen and oxygen atoms in total. The number of hydrogen-bond acceptors (Lipinski definition) is 2. The van der Waals surface area contributed by atoms with E-state index in [4.69, 9.17) is 5.11 Å². The first-order valence-corrected chi connectivity index (χ1v) is 5.31. The number of carboxylic acids is 1. The summed E-state index contributed by atoms with van der Waals surface area (Å²) in [7, 11) is 0. The fourth-order valence-corrected chi connectivity index (χ4v) is 1.98. The van der Waals surface area contributed by atoms with Crippen LogP contribution in [0.2, 0.25) is 0 Å². The predicted octanol–water partition coefficient (Wildman–Crippen LogP) is 2.28. The van der Waals surface area contributed by atoms with Crippen LogP contribution in [0, 0.1) is 6.92 Å². The number of nitrogens with one attached hydrogen (secondary N) is 1. The highest BCUT2D eigenvalue weighted by atomic mass is 16.4. The second kappa shape index (κ2) is 4.35. The van der Waals surface area contributed by atoms with Crippen LogP contribution in [0.5, 0.6) is 0 Å². The zero-order valence-corrected chi connectivity index (χ0v) is 9.16. The number of rotatable bonds is 4. The molecule has 0 saturated carbocycles. The topological polar surface area (TPSA) is 66.0 Å². The van der Waals surface area contributed by atoms with E-state index in [2.05, 4.69) is 9.97 Å². The van der Waals surface area contributed by atoms with Gasteiger partial charge in [0.2, 0.25) is 0 Å². The molecule has 2 heterocycles. The molecule has 0 fully saturated rings. The lowest BCUT2D eigenvalue weighted by atomic mass is 10.1. The second-order valence-corrected chi connectivity index (χ2v) is 3.90. The Labute approximate surface area is 93.3 Å². The lowest BCUT2D eigenvalue weighted by Crippen LogP contribution is -1.96. The van der Waals surface area contributed by atoms with Crippen molar-refractivity contribution in [1.82, 2.24) is 9.97 Å². The molecular weight excluding hydrogens is 204 g/mol. The van der Waals surface area contributed by atoms with Gasteiger partial charge >= 0.3 is 5.97 Å². The zero-order valence-electron chi connectivity index (χ0n) is 9.16. The molecule has 0 bridgehead atoms. The van der Waals surface area contributed by atoms with Gasteiger partial charge in [0.05, 0.1) is 11.7 Å². The number of aliphatic carboxylic acids is 1. The zero-order chi connectivity index (χ0) is 11.5. The number of aryl methyl sites for hydroxylation is 2. The van der Waals surface area contributed by atoms with Gasteiger partial charge in [-0.05, 0) is 31.4 Å². The van der Waals surface area contributed by atoms with Crippen LogP contribution in [-0.4, -0.2) is 21.0 Å². The number of fused-ring (bicyclic) bond motifs is 1. The number of hydrogen-bond donors (Lipinski definition) is 2. The SMILES string of the molecule is Cc1[nH]c2cnccc2c1CCCC(=O)O. The third-order valence-corrected chi connectivity index (χ3v) is 2.74. The van der Waals surface area contributed by atoms with Crippen molar-refractivity contribution in [2.75, 3.05) is 0 Å². The third kappa shape index (κ3) is 2.05. The maximum absolute atomic E-state index is 10.5. The van der Waals surface area contributed by atoms with E-state index in [-0.39, 0.29) is 6.42 Å². The average molecular weight is 218 g/mol. The van der Waals surface area contributed by atoms with Crippen LogP contribution < -0.4 is 0 Å². The first-order chi connectivity index (χ1) is 7.68. The molecule has 0 spiro atoms. The van der Waals surface area contributed by atoms with Crippen molar-refractivity contribution in [1.29, 1.82) is 0 Å². The number of H-pyrrole nitrogens is 1. The number of pyridine rings is 1. The molecule has 0 aliphatic carbocycles. The normalized spacial score (nSPS) is 10.8. The van der Waals surface area contributed by atoms with E-state index in [0.717, 1.165) is 23.0 Å². The Morgan fingerprint density at radius 3 is 3.12 bits per heavy atom. The van der Waals surface area contributed by atoms with Gasteiger partial charge in [-0.25, -0.2) is 0 Å². The van der Waals surface area contributed by atoms with Crippen molar-refractivity contribution >= 4 is 16.9 Å². The maximum atomic E-state index is 10.5. The Bertz CT molecular complexity index is 517. The summed E-state index contributed by atoms with van der Waals surface area (Å²) >= 11 is 0. The first kappa shape index (κ1) is 10.7. The van der Waals surface area contributed by atoms with Gasteiger partial charge in [-0.1, -0.05) is 0 Å². The summed E-state index contributed by atoms with van der Waals surface area (Å²) in [5.41, 5.74) is 3.33. The van der Waals surface area contributed by atoms with E-state index in [1.165, 1.54) is 5.56 Å². The van der Waals surface area contributed by atoms with Crippen molar-refractivity contribution in [2.45, 2.75) is 26.2 Å². The van der Waals surface area contributed by atoms with E-state index < -0.39 is 5.97 Å². The maximum Gasteiger partial charge on any atom is 0.303 e. The number of nitrogens with zero attached hydrogens (tertiary/aromatic N) is 1. The molecule has 2 rings (SSSR count). The van der Waals surface area contributed by atoms with E-state index in [1.807, 2.05) is 13.0 Å². The van der Waals surface area contributed by atoms with Gasteiger partial charge in [-0.15, -0.1) is 0 Å². The van der Waals surface area contributed by atoms with Crippen molar-refractivity contribution in [3.8, 4) is 0 Å². The summed E-state index contributed by atoms with van der Waals surface area (Å²) in [5, 5.41) is 9.76. The van der Waals surface area contributed by atoms with Crippen molar-refractivity contribution in [2.24, 2.45) is 0 Å². The second-order valence-electron chi connectivity index (χ2n) is 3.90. The van der Waals surface area contributed by atoms with Crippen molar-refractivity contribution in [3.63, 3.8) is 0 Å². The molecule has 0 aromatic carbocycles. The van der Waals surface area contributed by atoms with Crippen LogP contribution in [0.4, 0.5) is 0 Å². The van der Waals surface area contributed by atoms with Crippen molar-refractivity contribution in [3.05, 3.63) is 29.7 Å². The van der Waals surface area contributed by atoms with E-state index in [9.17, 15) is 4.79 Å². The molecule has 2 aromatic rings. The van der Waals surface area contributed by atoms with Gasteiger partial charge in [-0.2, -0.15) is 0 Å². The highest BCUT2D eigenvalue weighted by molar-refractivity contribution is 5.83. The molecule has 4 heteroatoms. The summed E-state index contributed by atoms with van der Waals surface area (Å²) in [5.74, 6) is -0.737. The number of aromatic amines is 1. The summed E-state index contributed by atoms with van der Waals surface area (Å²) in [6.45, 7) is 2.01. The Hall–Kier alpha value is -1.84. The molecule has 2 N–H and O–H groups in total. The van der Waals surface area contributed by atoms with Gasteiger partial charge < -0.3 is 10.1 Å². The summed E-state index contributed by atoms with van der Waals surface area (Å²) in [6.07, 6.45) is 5.24. The standard InChI is InChI=1S/C12H14N2O2/c1-8-9(3-2-4-12(15)16)10-5-6-13-7-11(10)14-8/h5-7,14H,2-4H2,1H3,(H,15,16). The van der Waals surface area contributed by atoms with Crippen LogP contribution >= 0.6 is 0 Å². The minimum absolute atomic E-state index is 0.219. The van der Waals surface area contributed by atoms with Crippen LogP contribution in [0.15, 0.2) is 18.5 Å². The summed E-state index contributed by atoms with van der Waals surface area (Å²) < 4.78 is 0.